The lowest BCUT2D eigenvalue weighted by Crippen LogP contribution is -2.30. The van der Waals surface area contributed by atoms with Gasteiger partial charge in [0.15, 0.2) is 0 Å². The van der Waals surface area contributed by atoms with Gasteiger partial charge in [-0.15, -0.1) is 0 Å². The van der Waals surface area contributed by atoms with Crippen molar-refractivity contribution in [3.63, 3.8) is 0 Å². The number of aliphatic carboxylic acids is 1. The summed E-state index contributed by atoms with van der Waals surface area (Å²) in [5.74, 6) is 0.427. The van der Waals surface area contributed by atoms with Gasteiger partial charge >= 0.3 is 5.97 Å². The van der Waals surface area contributed by atoms with E-state index in [0.29, 0.717) is 17.9 Å². The van der Waals surface area contributed by atoms with E-state index in [1.54, 1.807) is 0 Å². The fourth-order valence-electron chi connectivity index (χ4n) is 3.62. The third-order valence-corrected chi connectivity index (χ3v) is 4.69. The average Bonchev–Trinajstić information content (AvgIpc) is 2.82. The minimum atomic E-state index is -0.580. The molecule has 1 aliphatic heterocycles. The summed E-state index contributed by atoms with van der Waals surface area (Å²) >= 11 is 0. The zero-order valence-electron chi connectivity index (χ0n) is 11.4. The summed E-state index contributed by atoms with van der Waals surface area (Å²) in [7, 11) is 0. The van der Waals surface area contributed by atoms with E-state index in [1.807, 2.05) is 0 Å². The molecule has 1 aliphatic carbocycles. The highest BCUT2D eigenvalue weighted by atomic mass is 16.5. The first kappa shape index (κ1) is 13.9. The molecule has 0 radical (unpaired) electrons. The molecular weight excluding hydrogens is 228 g/mol. The van der Waals surface area contributed by atoms with Crippen molar-refractivity contribution < 1.29 is 14.6 Å². The van der Waals surface area contributed by atoms with Crippen LogP contribution in [0.4, 0.5) is 0 Å². The molecule has 0 aromatic carbocycles. The number of carboxylic acids is 1. The molecule has 0 aromatic heterocycles. The second-order valence-electron chi connectivity index (χ2n) is 6.19. The number of hydrogen-bond donors (Lipinski definition) is 1. The van der Waals surface area contributed by atoms with Gasteiger partial charge in [0, 0.05) is 6.61 Å². The van der Waals surface area contributed by atoms with Crippen molar-refractivity contribution in [2.45, 2.75) is 64.4 Å². The lowest BCUT2D eigenvalue weighted by molar-refractivity contribution is -0.145. The summed E-state index contributed by atoms with van der Waals surface area (Å²) < 4.78 is 5.62. The van der Waals surface area contributed by atoms with Gasteiger partial charge in [-0.05, 0) is 56.8 Å². The maximum absolute atomic E-state index is 11.3. The Labute approximate surface area is 110 Å². The molecule has 1 N–H and O–H groups in total. The van der Waals surface area contributed by atoms with Gasteiger partial charge in [-0.25, -0.2) is 0 Å². The van der Waals surface area contributed by atoms with Crippen molar-refractivity contribution in [2.24, 2.45) is 17.8 Å². The molecule has 2 aliphatic rings. The first-order valence-corrected chi connectivity index (χ1v) is 7.51. The van der Waals surface area contributed by atoms with Gasteiger partial charge < -0.3 is 9.84 Å². The molecule has 2 rings (SSSR count). The fraction of sp³-hybridized carbons (Fsp3) is 0.933. The smallest absolute Gasteiger partial charge is 0.306 e. The van der Waals surface area contributed by atoms with Crippen molar-refractivity contribution in [3.8, 4) is 0 Å². The van der Waals surface area contributed by atoms with Crippen LogP contribution in [0.1, 0.15) is 58.3 Å². The predicted molar refractivity (Wildman–Crippen MR) is 70.5 cm³/mol. The number of ether oxygens (including phenoxy) is 1. The molecule has 4 atom stereocenters. The highest BCUT2D eigenvalue weighted by molar-refractivity contribution is 5.70. The Morgan fingerprint density at radius 3 is 2.78 bits per heavy atom. The average molecular weight is 254 g/mol. The number of carboxylic acid groups (broad SMARTS) is 1. The summed E-state index contributed by atoms with van der Waals surface area (Å²) in [5, 5.41) is 9.28. The second-order valence-corrected chi connectivity index (χ2v) is 6.19. The zero-order chi connectivity index (χ0) is 13.0. The van der Waals surface area contributed by atoms with Crippen LogP contribution >= 0.6 is 0 Å². The number of carbonyl (C=O) groups is 1. The molecular formula is C15H26O3. The maximum Gasteiger partial charge on any atom is 0.306 e. The zero-order valence-corrected chi connectivity index (χ0v) is 11.4. The number of hydrogen-bond acceptors (Lipinski definition) is 2. The molecule has 1 saturated heterocycles. The Kier molecular flexibility index (Phi) is 5.04. The Morgan fingerprint density at radius 2 is 2.11 bits per heavy atom. The van der Waals surface area contributed by atoms with Gasteiger partial charge in [0.1, 0.15) is 0 Å². The molecule has 2 fully saturated rings. The largest absolute Gasteiger partial charge is 0.481 e. The van der Waals surface area contributed by atoms with E-state index >= 15 is 0 Å². The summed E-state index contributed by atoms with van der Waals surface area (Å²) in [6.07, 6.45) is 9.23. The molecule has 1 heterocycles. The Morgan fingerprint density at radius 1 is 1.28 bits per heavy atom. The van der Waals surface area contributed by atoms with Crippen LogP contribution in [-0.2, 0) is 9.53 Å². The highest BCUT2D eigenvalue weighted by Crippen LogP contribution is 2.37. The molecule has 1 saturated carbocycles. The van der Waals surface area contributed by atoms with E-state index in [1.165, 1.54) is 12.8 Å². The van der Waals surface area contributed by atoms with Crippen molar-refractivity contribution in [2.75, 3.05) is 6.61 Å². The molecule has 3 nitrogen and oxygen atoms in total. The lowest BCUT2D eigenvalue weighted by Gasteiger charge is -2.32. The topological polar surface area (TPSA) is 46.5 Å². The third kappa shape index (κ3) is 3.71. The van der Waals surface area contributed by atoms with Crippen LogP contribution in [0.15, 0.2) is 0 Å². The summed E-state index contributed by atoms with van der Waals surface area (Å²) in [4.78, 5) is 11.3. The fourth-order valence-corrected chi connectivity index (χ4v) is 3.62. The van der Waals surface area contributed by atoms with E-state index in [9.17, 15) is 9.90 Å². The van der Waals surface area contributed by atoms with Crippen LogP contribution in [-0.4, -0.2) is 23.8 Å². The van der Waals surface area contributed by atoms with Crippen LogP contribution in [0.5, 0.6) is 0 Å². The minimum absolute atomic E-state index is 0.0919. The molecule has 0 amide bonds. The second kappa shape index (κ2) is 6.55. The van der Waals surface area contributed by atoms with Crippen molar-refractivity contribution in [3.05, 3.63) is 0 Å². The minimum Gasteiger partial charge on any atom is -0.481 e. The predicted octanol–water partition coefficient (Wildman–Crippen LogP) is 3.47. The molecule has 0 bridgehead atoms. The summed E-state index contributed by atoms with van der Waals surface area (Å²) in [6, 6.07) is 0. The Bertz CT molecular complexity index is 271. The summed E-state index contributed by atoms with van der Waals surface area (Å²) in [6.45, 7) is 3.17. The van der Waals surface area contributed by atoms with Gasteiger partial charge in [-0.2, -0.15) is 0 Å². The normalized spacial score (nSPS) is 36.7. The Hall–Kier alpha value is -0.570. The number of rotatable bonds is 5. The van der Waals surface area contributed by atoms with Gasteiger partial charge in [0.25, 0.3) is 0 Å². The van der Waals surface area contributed by atoms with Crippen LogP contribution < -0.4 is 0 Å². The van der Waals surface area contributed by atoms with E-state index in [2.05, 4.69) is 6.92 Å². The lowest BCUT2D eigenvalue weighted by atomic mass is 9.72. The maximum atomic E-state index is 11.3. The van der Waals surface area contributed by atoms with E-state index in [4.69, 9.17) is 4.74 Å². The highest BCUT2D eigenvalue weighted by Gasteiger charge is 2.33. The molecule has 0 aromatic rings. The standard InChI is InChI=1S/C15H26O3/c1-11-7-8-14(15(16)17)12(10-11)4-2-5-13-6-3-9-18-13/h11-14H,2-10H2,1H3,(H,16,17). The van der Waals surface area contributed by atoms with E-state index < -0.39 is 5.97 Å². The SMILES string of the molecule is CC1CCC(C(=O)O)C(CCCC2CCCO2)C1. The molecule has 0 spiro atoms. The molecule has 4 unspecified atom stereocenters. The van der Waals surface area contributed by atoms with Crippen LogP contribution in [0, 0.1) is 17.8 Å². The van der Waals surface area contributed by atoms with Crippen LogP contribution in [0.3, 0.4) is 0 Å². The monoisotopic (exact) mass is 254 g/mol. The first-order chi connectivity index (χ1) is 8.66. The van der Waals surface area contributed by atoms with Gasteiger partial charge in [0.05, 0.1) is 12.0 Å². The molecule has 18 heavy (non-hydrogen) atoms. The summed E-state index contributed by atoms with van der Waals surface area (Å²) in [5.41, 5.74) is 0. The quantitative estimate of drug-likeness (QED) is 0.817. The van der Waals surface area contributed by atoms with E-state index in [-0.39, 0.29) is 5.92 Å². The van der Waals surface area contributed by atoms with E-state index in [0.717, 1.165) is 45.1 Å². The Balaban J connectivity index is 1.75. The first-order valence-electron chi connectivity index (χ1n) is 7.51. The molecule has 104 valence electrons. The van der Waals surface area contributed by atoms with Crippen molar-refractivity contribution >= 4 is 5.97 Å². The van der Waals surface area contributed by atoms with Crippen LogP contribution in [0.25, 0.3) is 0 Å². The van der Waals surface area contributed by atoms with Crippen molar-refractivity contribution in [1.29, 1.82) is 0 Å². The van der Waals surface area contributed by atoms with Gasteiger partial charge in [0.2, 0.25) is 0 Å². The van der Waals surface area contributed by atoms with Gasteiger partial charge in [-0.1, -0.05) is 13.3 Å². The third-order valence-electron chi connectivity index (χ3n) is 4.69. The van der Waals surface area contributed by atoms with Crippen molar-refractivity contribution in [1.82, 2.24) is 0 Å². The van der Waals surface area contributed by atoms with Crippen LogP contribution in [0.2, 0.25) is 0 Å². The van der Waals surface area contributed by atoms with Gasteiger partial charge in [-0.3, -0.25) is 4.79 Å². The molecule has 3 heteroatoms.